The Morgan fingerprint density at radius 1 is 1.03 bits per heavy atom. The van der Waals surface area contributed by atoms with Crippen LogP contribution in [0.15, 0.2) is 52.4 Å². The third kappa shape index (κ3) is 5.28. The molecule has 8 nitrogen and oxygen atoms in total. The summed E-state index contributed by atoms with van der Waals surface area (Å²) in [5.74, 6) is 0.999. The molecule has 2 saturated heterocycles. The molecule has 2 fully saturated rings. The number of thiazole rings is 1. The molecule has 0 amide bonds. The molecule has 0 bridgehead atoms. The van der Waals surface area contributed by atoms with E-state index in [4.69, 9.17) is 38.2 Å². The molecular formula is C26H29Cl2N7OS. The van der Waals surface area contributed by atoms with Crippen molar-refractivity contribution >= 4 is 62.2 Å². The van der Waals surface area contributed by atoms with Crippen molar-refractivity contribution in [2.24, 2.45) is 9.98 Å². The maximum Gasteiger partial charge on any atom is 0.202 e. The fraction of sp³-hybridized carbons (Fsp3) is 0.423. The van der Waals surface area contributed by atoms with Gasteiger partial charge in [0, 0.05) is 38.4 Å². The van der Waals surface area contributed by atoms with Gasteiger partial charge in [0.25, 0.3) is 0 Å². The number of rotatable bonds is 3. The molecule has 0 spiro atoms. The average Bonchev–Trinajstić information content (AvgIpc) is 3.34. The minimum Gasteiger partial charge on any atom is -0.370 e. The number of anilines is 1. The highest BCUT2D eigenvalue weighted by Crippen LogP contribution is 2.33. The summed E-state index contributed by atoms with van der Waals surface area (Å²) in [5.41, 5.74) is 1.98. The van der Waals surface area contributed by atoms with Gasteiger partial charge in [-0.05, 0) is 49.7 Å². The number of fused-ring (bicyclic) bond motifs is 1. The maximum absolute atomic E-state index is 11.3. The fourth-order valence-electron chi connectivity index (χ4n) is 5.10. The Morgan fingerprint density at radius 3 is 2.59 bits per heavy atom. The van der Waals surface area contributed by atoms with E-state index in [0.717, 1.165) is 78.9 Å². The number of nitrogens with one attached hydrogen (secondary N) is 2. The van der Waals surface area contributed by atoms with Crippen molar-refractivity contribution in [1.29, 1.82) is 0 Å². The summed E-state index contributed by atoms with van der Waals surface area (Å²) in [5, 5.41) is 20.2. The molecule has 0 radical (unpaired) electrons. The van der Waals surface area contributed by atoms with Crippen LogP contribution in [0.4, 0.5) is 5.69 Å². The van der Waals surface area contributed by atoms with Gasteiger partial charge in [0.1, 0.15) is 16.8 Å². The molecule has 194 valence electrons. The largest absolute Gasteiger partial charge is 0.370 e. The lowest BCUT2D eigenvalue weighted by Gasteiger charge is -2.40. The first-order valence-electron chi connectivity index (χ1n) is 12.7. The van der Waals surface area contributed by atoms with Gasteiger partial charge in [-0.15, -0.1) is 11.3 Å². The molecule has 3 aliphatic rings. The van der Waals surface area contributed by atoms with Crippen molar-refractivity contribution in [3.8, 4) is 0 Å². The number of aliphatic hydroxyl groups excluding tert-OH is 1. The van der Waals surface area contributed by atoms with Crippen LogP contribution in [0.5, 0.6) is 0 Å². The summed E-state index contributed by atoms with van der Waals surface area (Å²) in [7, 11) is 0. The van der Waals surface area contributed by atoms with Gasteiger partial charge in [-0.25, -0.2) is 9.98 Å². The minimum atomic E-state index is -0.958. The van der Waals surface area contributed by atoms with Crippen molar-refractivity contribution in [2.45, 2.75) is 31.0 Å². The van der Waals surface area contributed by atoms with Gasteiger partial charge in [-0.3, -0.25) is 4.99 Å². The van der Waals surface area contributed by atoms with E-state index in [0.29, 0.717) is 16.0 Å². The second kappa shape index (κ2) is 10.7. The van der Waals surface area contributed by atoms with Crippen molar-refractivity contribution in [3.05, 3.63) is 57.5 Å². The number of benzene rings is 2. The molecular weight excluding hydrogens is 529 g/mol. The highest BCUT2D eigenvalue weighted by molar-refractivity contribution is 7.18. The Morgan fingerprint density at radius 2 is 1.84 bits per heavy atom. The Bertz CT molecular complexity index is 1300. The zero-order valence-corrected chi connectivity index (χ0v) is 22.6. The van der Waals surface area contributed by atoms with Crippen molar-refractivity contribution in [1.82, 2.24) is 20.5 Å². The van der Waals surface area contributed by atoms with E-state index in [1.54, 1.807) is 11.3 Å². The fourth-order valence-corrected chi connectivity index (χ4v) is 6.49. The number of hydrogen-bond donors (Lipinski definition) is 3. The number of aromatic nitrogens is 1. The van der Waals surface area contributed by atoms with Crippen molar-refractivity contribution in [2.75, 3.05) is 44.2 Å². The number of amidine groups is 1. The minimum absolute atomic E-state index is 0.158. The smallest absolute Gasteiger partial charge is 0.202 e. The molecule has 3 N–H and O–H groups in total. The molecule has 3 atom stereocenters. The predicted molar refractivity (Wildman–Crippen MR) is 153 cm³/mol. The number of piperazine rings is 1. The van der Waals surface area contributed by atoms with Gasteiger partial charge in [0.05, 0.1) is 26.3 Å². The summed E-state index contributed by atoms with van der Waals surface area (Å²) in [6, 6.07) is 14.0. The number of hydrogen-bond acceptors (Lipinski definition) is 8. The highest BCUT2D eigenvalue weighted by Gasteiger charge is 2.37. The normalized spacial score (nSPS) is 25.9. The maximum atomic E-state index is 11.3. The van der Waals surface area contributed by atoms with Crippen LogP contribution in [0.2, 0.25) is 10.0 Å². The van der Waals surface area contributed by atoms with Crippen LogP contribution in [-0.4, -0.2) is 78.3 Å². The van der Waals surface area contributed by atoms with Gasteiger partial charge in [-0.2, -0.15) is 0 Å². The number of nitrogens with zero attached hydrogens (tertiary/aromatic N) is 5. The third-order valence-corrected chi connectivity index (χ3v) is 8.96. The molecule has 2 aromatic carbocycles. The Labute approximate surface area is 230 Å². The zero-order valence-electron chi connectivity index (χ0n) is 20.3. The first kappa shape index (κ1) is 24.9. The van der Waals surface area contributed by atoms with Crippen molar-refractivity contribution in [3.63, 3.8) is 0 Å². The third-order valence-electron chi connectivity index (χ3n) is 7.10. The molecule has 6 rings (SSSR count). The molecule has 37 heavy (non-hydrogen) atoms. The van der Waals surface area contributed by atoms with Crippen LogP contribution >= 0.6 is 34.5 Å². The molecule has 0 saturated carbocycles. The van der Waals surface area contributed by atoms with Crippen LogP contribution in [0.3, 0.4) is 0 Å². The Hall–Kier alpha value is -2.43. The van der Waals surface area contributed by atoms with E-state index in [2.05, 4.69) is 26.5 Å². The number of piperidine rings is 1. The van der Waals surface area contributed by atoms with E-state index < -0.39 is 12.1 Å². The van der Waals surface area contributed by atoms with Crippen molar-refractivity contribution < 1.29 is 5.11 Å². The van der Waals surface area contributed by atoms with Crippen LogP contribution < -0.4 is 15.5 Å². The number of guanidine groups is 1. The molecule has 1 aromatic heterocycles. The standard InChI is InChI=1S/C26H29Cl2N7OS/c27-18-8-7-17(14-19(18)28)34-10-12-35(13-11-34)26-32-23(30-16-4-3-9-29-15-16)22(24(36)33-26)25-31-20-5-1-2-6-21(20)37-25/h1-2,5-8,14,16,22,24,29,36H,3-4,9-13,15H2,(H,30,32,33). The lowest BCUT2D eigenvalue weighted by atomic mass is 10.0. The lowest BCUT2D eigenvalue weighted by molar-refractivity contribution is 0.166. The molecule has 3 aromatic rings. The highest BCUT2D eigenvalue weighted by atomic mass is 35.5. The molecule has 3 unspecified atom stereocenters. The van der Waals surface area contributed by atoms with Crippen LogP contribution in [0.25, 0.3) is 10.2 Å². The van der Waals surface area contributed by atoms with Gasteiger partial charge in [0.15, 0.2) is 6.23 Å². The van der Waals surface area contributed by atoms with E-state index >= 15 is 0 Å². The SMILES string of the molecule is OC1N=C(N2CCN(c3ccc(Cl)c(Cl)c3)CC2)NC(=NC2CCCNC2)C1c1nc2ccccc2s1. The zero-order chi connectivity index (χ0) is 25.4. The second-order valence-electron chi connectivity index (χ2n) is 9.58. The Balaban J connectivity index is 1.24. The van der Waals surface area contributed by atoms with Crippen LogP contribution in [-0.2, 0) is 0 Å². The summed E-state index contributed by atoms with van der Waals surface area (Å²) >= 11 is 13.9. The second-order valence-corrected chi connectivity index (χ2v) is 11.5. The molecule has 0 aliphatic carbocycles. The van der Waals surface area contributed by atoms with E-state index in [1.807, 2.05) is 36.4 Å². The van der Waals surface area contributed by atoms with Gasteiger partial charge < -0.3 is 25.5 Å². The van der Waals surface area contributed by atoms with Gasteiger partial charge in [-0.1, -0.05) is 35.3 Å². The summed E-state index contributed by atoms with van der Waals surface area (Å²) in [4.78, 5) is 19.1. The van der Waals surface area contributed by atoms with E-state index in [9.17, 15) is 5.11 Å². The number of halogens is 2. The quantitative estimate of drug-likeness (QED) is 0.452. The topological polar surface area (TPSA) is 88.4 Å². The predicted octanol–water partition coefficient (Wildman–Crippen LogP) is 3.94. The lowest BCUT2D eigenvalue weighted by Crippen LogP contribution is -2.57. The van der Waals surface area contributed by atoms with E-state index in [1.165, 1.54) is 0 Å². The first-order chi connectivity index (χ1) is 18.0. The van der Waals surface area contributed by atoms with E-state index in [-0.39, 0.29) is 6.04 Å². The number of aliphatic hydroxyl groups is 1. The van der Waals surface area contributed by atoms with Gasteiger partial charge >= 0.3 is 0 Å². The number of para-hydroxylation sites is 1. The molecule has 11 heteroatoms. The molecule has 3 aliphatic heterocycles. The summed E-state index contributed by atoms with van der Waals surface area (Å²) < 4.78 is 1.09. The van der Waals surface area contributed by atoms with Crippen LogP contribution in [0.1, 0.15) is 23.8 Å². The first-order valence-corrected chi connectivity index (χ1v) is 14.2. The summed E-state index contributed by atoms with van der Waals surface area (Å²) in [6.07, 6.45) is 1.16. The summed E-state index contributed by atoms with van der Waals surface area (Å²) in [6.45, 7) is 4.97. The Kier molecular flexibility index (Phi) is 7.23. The monoisotopic (exact) mass is 557 g/mol. The average molecular weight is 559 g/mol. The van der Waals surface area contributed by atoms with Gasteiger partial charge in [0.2, 0.25) is 5.96 Å². The van der Waals surface area contributed by atoms with Crippen LogP contribution in [0, 0.1) is 0 Å². The number of aliphatic imine (C=N–C) groups is 2. The molecule has 4 heterocycles.